The zero-order valence-corrected chi connectivity index (χ0v) is 17.1. The number of hydrogen-bond donors (Lipinski definition) is 1. The van der Waals surface area contributed by atoms with Crippen molar-refractivity contribution in [1.29, 1.82) is 0 Å². The van der Waals surface area contributed by atoms with Crippen molar-refractivity contribution < 1.29 is 4.79 Å². The van der Waals surface area contributed by atoms with E-state index < -0.39 is 0 Å². The van der Waals surface area contributed by atoms with Crippen LogP contribution in [0.1, 0.15) is 27.8 Å². The molecule has 0 spiro atoms. The van der Waals surface area contributed by atoms with E-state index in [4.69, 9.17) is 0 Å². The molecule has 2 aliphatic heterocycles. The van der Waals surface area contributed by atoms with Gasteiger partial charge in [0.15, 0.2) is 6.17 Å². The number of hydrogen-bond acceptors (Lipinski definition) is 3. The minimum absolute atomic E-state index is 0.0779. The van der Waals surface area contributed by atoms with Crippen LogP contribution in [0.4, 0.5) is 11.4 Å². The zero-order valence-electron chi connectivity index (χ0n) is 15.5. The molecule has 142 valence electrons. The van der Waals surface area contributed by atoms with Crippen molar-refractivity contribution >= 4 is 44.1 Å². The van der Waals surface area contributed by atoms with Crippen LogP contribution >= 0.6 is 15.9 Å². The number of aromatic nitrogens is 2. The topological polar surface area (TPSA) is 52.2 Å². The Morgan fingerprint density at radius 1 is 1.07 bits per heavy atom. The number of benzene rings is 2. The second-order valence-electron chi connectivity index (χ2n) is 7.43. The molecule has 29 heavy (non-hydrogen) atoms. The van der Waals surface area contributed by atoms with Crippen molar-refractivity contribution in [2.45, 2.75) is 12.6 Å². The molecule has 2 aromatic heterocycles. The summed E-state index contributed by atoms with van der Waals surface area (Å²) in [5.74, 6) is 0.0779. The Morgan fingerprint density at radius 3 is 2.79 bits per heavy atom. The molecular weight excluding hydrogens is 428 g/mol. The monoisotopic (exact) mass is 444 g/mol. The smallest absolute Gasteiger partial charge is 0.257 e. The van der Waals surface area contributed by atoms with Crippen LogP contribution in [0, 0.1) is 0 Å². The molecule has 0 aliphatic carbocycles. The molecule has 0 fully saturated rings. The van der Waals surface area contributed by atoms with Crippen LogP contribution in [-0.2, 0) is 6.42 Å². The largest absolute Gasteiger partial charge is 0.355 e. The highest BCUT2D eigenvalue weighted by molar-refractivity contribution is 9.10. The normalized spacial score (nSPS) is 17.8. The number of amides is 1. The summed E-state index contributed by atoms with van der Waals surface area (Å²) in [6.07, 6.45) is 4.24. The molecule has 4 aromatic rings. The number of nitrogens with one attached hydrogen (secondary N) is 1. The van der Waals surface area contributed by atoms with Gasteiger partial charge < -0.3 is 14.8 Å². The van der Waals surface area contributed by atoms with E-state index in [1.54, 1.807) is 6.20 Å². The summed E-state index contributed by atoms with van der Waals surface area (Å²) in [6, 6.07) is 18.2. The summed E-state index contributed by atoms with van der Waals surface area (Å²) in [4.78, 5) is 25.6. The molecule has 2 aliphatic rings. The molecular formula is C23H17BrN4O. The van der Waals surface area contributed by atoms with Crippen molar-refractivity contribution in [3.05, 3.63) is 88.3 Å². The van der Waals surface area contributed by atoms with Crippen LogP contribution in [0.5, 0.6) is 0 Å². The second-order valence-corrected chi connectivity index (χ2v) is 8.35. The van der Waals surface area contributed by atoms with Crippen LogP contribution in [0.3, 0.4) is 0 Å². The van der Waals surface area contributed by atoms with Crippen LogP contribution in [-0.4, -0.2) is 27.3 Å². The fourth-order valence-corrected chi connectivity index (χ4v) is 5.02. The SMILES string of the molecule is O=C1c2ccccc2N(c2cncc(Br)c2)C2c3[nH]c4ccccc4c3CCN12. The number of aromatic amines is 1. The van der Waals surface area contributed by atoms with Gasteiger partial charge in [-0.05, 0) is 52.2 Å². The highest BCUT2D eigenvalue weighted by atomic mass is 79.9. The molecule has 1 amide bonds. The highest BCUT2D eigenvalue weighted by Crippen LogP contribution is 2.47. The number of carbonyl (C=O) groups is 1. The van der Waals surface area contributed by atoms with E-state index in [2.05, 4.69) is 55.1 Å². The van der Waals surface area contributed by atoms with Gasteiger partial charge in [-0.1, -0.05) is 30.3 Å². The molecule has 0 saturated heterocycles. The van der Waals surface area contributed by atoms with E-state index in [0.29, 0.717) is 6.54 Å². The summed E-state index contributed by atoms with van der Waals surface area (Å²) >= 11 is 3.55. The van der Waals surface area contributed by atoms with E-state index in [1.165, 1.54) is 10.9 Å². The van der Waals surface area contributed by atoms with E-state index in [-0.39, 0.29) is 12.1 Å². The molecule has 0 saturated carbocycles. The molecule has 1 atom stereocenters. The van der Waals surface area contributed by atoms with Crippen molar-refractivity contribution in [1.82, 2.24) is 14.9 Å². The number of rotatable bonds is 1. The standard InChI is InChI=1S/C23H17BrN4O/c24-14-11-15(13-25-12-14)28-20-8-4-2-6-18(20)23(29)27-10-9-17-16-5-1-3-7-19(16)26-21(17)22(27)28/h1-8,11-13,22,26H,9-10H2. The number of pyridine rings is 1. The van der Waals surface area contributed by atoms with Crippen molar-refractivity contribution in [2.75, 3.05) is 11.4 Å². The fraction of sp³-hybridized carbons (Fsp3) is 0.130. The molecule has 6 heteroatoms. The van der Waals surface area contributed by atoms with Crippen molar-refractivity contribution in [3.63, 3.8) is 0 Å². The average molecular weight is 445 g/mol. The molecule has 5 nitrogen and oxygen atoms in total. The van der Waals surface area contributed by atoms with E-state index in [0.717, 1.165) is 39.0 Å². The first-order valence-corrected chi connectivity index (χ1v) is 10.4. The third-order valence-corrected chi connectivity index (χ3v) is 6.30. The lowest BCUT2D eigenvalue weighted by molar-refractivity contribution is 0.0642. The van der Waals surface area contributed by atoms with Gasteiger partial charge in [0, 0.05) is 28.1 Å². The molecule has 1 unspecified atom stereocenters. The van der Waals surface area contributed by atoms with Gasteiger partial charge in [0.25, 0.3) is 5.91 Å². The molecule has 0 bridgehead atoms. The molecule has 2 aromatic carbocycles. The van der Waals surface area contributed by atoms with Gasteiger partial charge in [0.2, 0.25) is 0 Å². The average Bonchev–Trinajstić information content (AvgIpc) is 3.13. The fourth-order valence-electron chi connectivity index (χ4n) is 4.67. The quantitative estimate of drug-likeness (QED) is 0.440. The summed E-state index contributed by atoms with van der Waals surface area (Å²) in [5.41, 5.74) is 6.06. The molecule has 4 heterocycles. The predicted octanol–water partition coefficient (Wildman–Crippen LogP) is 5.17. The van der Waals surface area contributed by atoms with Gasteiger partial charge in [-0.25, -0.2) is 0 Å². The first-order valence-electron chi connectivity index (χ1n) is 9.61. The Labute approximate surface area is 176 Å². The number of fused-ring (bicyclic) bond motifs is 6. The van der Waals surface area contributed by atoms with Gasteiger partial charge in [-0.2, -0.15) is 0 Å². The van der Waals surface area contributed by atoms with Crippen molar-refractivity contribution in [3.8, 4) is 0 Å². The Balaban J connectivity index is 1.65. The first-order chi connectivity index (χ1) is 14.2. The number of carbonyl (C=O) groups excluding carboxylic acids is 1. The lowest BCUT2D eigenvalue weighted by atomic mass is 9.95. The van der Waals surface area contributed by atoms with Gasteiger partial charge >= 0.3 is 0 Å². The van der Waals surface area contributed by atoms with E-state index >= 15 is 0 Å². The zero-order chi connectivity index (χ0) is 19.5. The number of H-pyrrole nitrogens is 1. The minimum Gasteiger partial charge on any atom is -0.355 e. The lowest BCUT2D eigenvalue weighted by Crippen LogP contribution is -2.50. The third-order valence-electron chi connectivity index (χ3n) is 5.87. The highest BCUT2D eigenvalue weighted by Gasteiger charge is 2.43. The Bertz CT molecular complexity index is 1280. The van der Waals surface area contributed by atoms with E-state index in [1.807, 2.05) is 41.4 Å². The maximum atomic E-state index is 13.4. The second kappa shape index (κ2) is 6.19. The van der Waals surface area contributed by atoms with Gasteiger partial charge in [0.05, 0.1) is 28.8 Å². The summed E-state index contributed by atoms with van der Waals surface area (Å²) in [7, 11) is 0. The summed E-state index contributed by atoms with van der Waals surface area (Å²) < 4.78 is 0.906. The first kappa shape index (κ1) is 16.8. The van der Waals surface area contributed by atoms with Crippen LogP contribution in [0.15, 0.2) is 71.5 Å². The van der Waals surface area contributed by atoms with Gasteiger partial charge in [0.1, 0.15) is 0 Å². The van der Waals surface area contributed by atoms with Gasteiger partial charge in [-0.3, -0.25) is 9.78 Å². The molecule has 1 N–H and O–H groups in total. The van der Waals surface area contributed by atoms with Crippen molar-refractivity contribution in [2.24, 2.45) is 0 Å². The predicted molar refractivity (Wildman–Crippen MR) is 116 cm³/mol. The maximum Gasteiger partial charge on any atom is 0.257 e. The summed E-state index contributed by atoms with van der Waals surface area (Å²) in [6.45, 7) is 0.685. The molecule has 6 rings (SSSR count). The third kappa shape index (κ3) is 2.39. The number of anilines is 2. The number of halogens is 1. The Hall–Kier alpha value is -3.12. The maximum absolute atomic E-state index is 13.4. The van der Waals surface area contributed by atoms with E-state index in [9.17, 15) is 4.79 Å². The minimum atomic E-state index is -0.232. The van der Waals surface area contributed by atoms with Crippen LogP contribution in [0.2, 0.25) is 0 Å². The lowest BCUT2D eigenvalue weighted by Gasteiger charge is -2.47. The Kier molecular flexibility index (Phi) is 3.59. The van der Waals surface area contributed by atoms with Crippen LogP contribution < -0.4 is 4.90 Å². The summed E-state index contributed by atoms with van der Waals surface area (Å²) in [5, 5.41) is 1.24. The van der Waals surface area contributed by atoms with Gasteiger partial charge in [-0.15, -0.1) is 0 Å². The Morgan fingerprint density at radius 2 is 1.90 bits per heavy atom. The van der Waals surface area contributed by atoms with Crippen LogP contribution in [0.25, 0.3) is 10.9 Å². The molecule has 0 radical (unpaired) electrons. The number of para-hydroxylation sites is 2. The number of nitrogens with zero attached hydrogens (tertiary/aromatic N) is 3.